The molecule has 0 rings (SSSR count). The Morgan fingerprint density at radius 1 is 0.710 bits per heavy atom. The standard InChI is InChI=1S/C28H56O3/c1-6-7-8-9-10-11-12-13-14-15-16-17-18-19-20-21-22-24(2)23-25(3)27(29)26(4)28(30)31-5/h24-27,29H,6-23H2,1-5H3. The molecule has 0 aromatic rings. The molecule has 0 aliphatic carbocycles. The van der Waals surface area contributed by atoms with Gasteiger partial charge in [0.05, 0.1) is 19.1 Å². The number of aliphatic hydroxyl groups excluding tert-OH is 1. The van der Waals surface area contributed by atoms with Gasteiger partial charge in [-0.3, -0.25) is 4.79 Å². The summed E-state index contributed by atoms with van der Waals surface area (Å²) in [6, 6.07) is 0. The van der Waals surface area contributed by atoms with Gasteiger partial charge in [-0.05, 0) is 25.2 Å². The van der Waals surface area contributed by atoms with E-state index in [1.807, 2.05) is 6.92 Å². The first-order chi connectivity index (χ1) is 14.9. The highest BCUT2D eigenvalue weighted by atomic mass is 16.5. The molecule has 1 N–H and O–H groups in total. The van der Waals surface area contributed by atoms with Crippen LogP contribution in [0.4, 0.5) is 0 Å². The van der Waals surface area contributed by atoms with E-state index in [-0.39, 0.29) is 11.9 Å². The van der Waals surface area contributed by atoms with Crippen molar-refractivity contribution < 1.29 is 14.6 Å². The van der Waals surface area contributed by atoms with Crippen LogP contribution in [0.2, 0.25) is 0 Å². The molecule has 0 aromatic heterocycles. The summed E-state index contributed by atoms with van der Waals surface area (Å²) in [7, 11) is 1.39. The normalized spacial score (nSPS) is 15.4. The number of rotatable bonds is 22. The summed E-state index contributed by atoms with van der Waals surface area (Å²) in [6.45, 7) is 8.37. The second-order valence-corrected chi connectivity index (χ2v) is 10.2. The van der Waals surface area contributed by atoms with Crippen molar-refractivity contribution in [2.75, 3.05) is 7.11 Å². The topological polar surface area (TPSA) is 46.5 Å². The lowest BCUT2D eigenvalue weighted by molar-refractivity contribution is -0.150. The molecule has 0 aliphatic heterocycles. The summed E-state index contributed by atoms with van der Waals surface area (Å²) in [4.78, 5) is 11.6. The SMILES string of the molecule is CCCCCCCCCCCCCCCCCCC(C)CC(C)C(O)C(C)C(=O)OC. The molecular formula is C28H56O3. The minimum Gasteiger partial charge on any atom is -0.469 e. The van der Waals surface area contributed by atoms with Gasteiger partial charge in [0.25, 0.3) is 0 Å². The summed E-state index contributed by atoms with van der Waals surface area (Å²) < 4.78 is 4.75. The molecule has 0 bridgehead atoms. The largest absolute Gasteiger partial charge is 0.469 e. The summed E-state index contributed by atoms with van der Waals surface area (Å²) in [5, 5.41) is 10.3. The van der Waals surface area contributed by atoms with Crippen molar-refractivity contribution in [1.82, 2.24) is 0 Å². The van der Waals surface area contributed by atoms with Crippen molar-refractivity contribution in [3.63, 3.8) is 0 Å². The number of hydrogen-bond acceptors (Lipinski definition) is 3. The second-order valence-electron chi connectivity index (χ2n) is 10.2. The molecule has 4 atom stereocenters. The highest BCUT2D eigenvalue weighted by molar-refractivity contribution is 5.72. The zero-order valence-electron chi connectivity index (χ0n) is 21.8. The molecule has 0 fully saturated rings. The molecule has 3 nitrogen and oxygen atoms in total. The molecule has 3 heteroatoms. The van der Waals surface area contributed by atoms with E-state index in [4.69, 9.17) is 4.74 Å². The molecule has 0 aliphatic rings. The van der Waals surface area contributed by atoms with Gasteiger partial charge >= 0.3 is 5.97 Å². The van der Waals surface area contributed by atoms with Gasteiger partial charge in [0.1, 0.15) is 0 Å². The van der Waals surface area contributed by atoms with Crippen molar-refractivity contribution in [3.8, 4) is 0 Å². The average Bonchev–Trinajstić information content (AvgIpc) is 2.77. The van der Waals surface area contributed by atoms with Crippen LogP contribution in [0.5, 0.6) is 0 Å². The van der Waals surface area contributed by atoms with E-state index < -0.39 is 12.0 Å². The highest BCUT2D eigenvalue weighted by Gasteiger charge is 2.28. The van der Waals surface area contributed by atoms with Crippen LogP contribution in [0.1, 0.15) is 143 Å². The average molecular weight is 441 g/mol. The number of carbonyl (C=O) groups excluding carboxylic acids is 1. The molecule has 0 heterocycles. The summed E-state index contributed by atoms with van der Waals surface area (Å²) >= 11 is 0. The van der Waals surface area contributed by atoms with Gasteiger partial charge in [-0.2, -0.15) is 0 Å². The number of hydrogen-bond donors (Lipinski definition) is 1. The van der Waals surface area contributed by atoms with Gasteiger partial charge in [-0.15, -0.1) is 0 Å². The number of methoxy groups -OCH3 is 1. The van der Waals surface area contributed by atoms with Crippen LogP contribution in [0.3, 0.4) is 0 Å². The predicted octanol–water partition coefficient (Wildman–Crippen LogP) is 8.47. The van der Waals surface area contributed by atoms with Crippen molar-refractivity contribution >= 4 is 5.97 Å². The summed E-state index contributed by atoms with van der Waals surface area (Å²) in [5.74, 6) is -0.0288. The third-order valence-electron chi connectivity index (χ3n) is 6.99. The summed E-state index contributed by atoms with van der Waals surface area (Å²) in [5.41, 5.74) is 0. The van der Waals surface area contributed by atoms with Crippen LogP contribution in [0, 0.1) is 17.8 Å². The first kappa shape index (κ1) is 30.4. The van der Waals surface area contributed by atoms with E-state index >= 15 is 0 Å². The Balaban J connectivity index is 3.46. The van der Waals surface area contributed by atoms with E-state index in [2.05, 4.69) is 13.8 Å². The fourth-order valence-corrected chi connectivity index (χ4v) is 4.75. The Bertz CT molecular complexity index is 396. The lowest BCUT2D eigenvalue weighted by Gasteiger charge is -2.25. The van der Waals surface area contributed by atoms with Crippen LogP contribution in [-0.2, 0) is 9.53 Å². The first-order valence-corrected chi connectivity index (χ1v) is 13.7. The lowest BCUT2D eigenvalue weighted by atomic mass is 9.85. The minimum atomic E-state index is -0.610. The van der Waals surface area contributed by atoms with Crippen LogP contribution >= 0.6 is 0 Å². The van der Waals surface area contributed by atoms with E-state index in [1.165, 1.54) is 116 Å². The first-order valence-electron chi connectivity index (χ1n) is 13.7. The maximum Gasteiger partial charge on any atom is 0.311 e. The smallest absolute Gasteiger partial charge is 0.311 e. The predicted molar refractivity (Wildman–Crippen MR) is 134 cm³/mol. The van der Waals surface area contributed by atoms with Gasteiger partial charge in [0, 0.05) is 0 Å². The molecule has 0 amide bonds. The third kappa shape index (κ3) is 17.6. The highest BCUT2D eigenvalue weighted by Crippen LogP contribution is 2.24. The zero-order chi connectivity index (χ0) is 23.3. The van der Waals surface area contributed by atoms with Gasteiger partial charge in [-0.1, -0.05) is 130 Å². The Hall–Kier alpha value is -0.570. The molecule has 186 valence electrons. The Morgan fingerprint density at radius 2 is 1.10 bits per heavy atom. The number of aliphatic hydroxyl groups is 1. The van der Waals surface area contributed by atoms with Crippen LogP contribution in [0.15, 0.2) is 0 Å². The van der Waals surface area contributed by atoms with Gasteiger partial charge in [-0.25, -0.2) is 0 Å². The molecular weight excluding hydrogens is 384 g/mol. The molecule has 31 heavy (non-hydrogen) atoms. The van der Waals surface area contributed by atoms with Crippen molar-refractivity contribution in [3.05, 3.63) is 0 Å². The molecule has 0 aromatic carbocycles. The summed E-state index contributed by atoms with van der Waals surface area (Å²) in [6.07, 6.45) is 24.1. The monoisotopic (exact) mass is 440 g/mol. The van der Waals surface area contributed by atoms with Crippen molar-refractivity contribution in [2.45, 2.75) is 149 Å². The van der Waals surface area contributed by atoms with E-state index in [0.717, 1.165) is 6.42 Å². The van der Waals surface area contributed by atoms with E-state index in [9.17, 15) is 9.90 Å². The maximum absolute atomic E-state index is 11.6. The fourth-order valence-electron chi connectivity index (χ4n) is 4.75. The number of unbranched alkanes of at least 4 members (excludes halogenated alkanes) is 15. The van der Waals surface area contributed by atoms with Gasteiger partial charge in [0.2, 0.25) is 0 Å². The van der Waals surface area contributed by atoms with Gasteiger partial charge in [0.15, 0.2) is 0 Å². The quantitative estimate of drug-likeness (QED) is 0.136. The third-order valence-corrected chi connectivity index (χ3v) is 6.99. The zero-order valence-corrected chi connectivity index (χ0v) is 21.8. The maximum atomic E-state index is 11.6. The number of ether oxygens (including phenoxy) is 1. The second kappa shape index (κ2) is 21.3. The van der Waals surface area contributed by atoms with E-state index in [1.54, 1.807) is 6.92 Å². The van der Waals surface area contributed by atoms with Crippen LogP contribution in [0.25, 0.3) is 0 Å². The number of esters is 1. The van der Waals surface area contributed by atoms with Crippen LogP contribution in [-0.4, -0.2) is 24.3 Å². The van der Waals surface area contributed by atoms with Crippen LogP contribution < -0.4 is 0 Å². The van der Waals surface area contributed by atoms with Gasteiger partial charge < -0.3 is 9.84 Å². The van der Waals surface area contributed by atoms with E-state index in [0.29, 0.717) is 5.92 Å². The number of carbonyl (C=O) groups is 1. The van der Waals surface area contributed by atoms with Crippen molar-refractivity contribution in [1.29, 1.82) is 0 Å². The fraction of sp³-hybridized carbons (Fsp3) is 0.964. The lowest BCUT2D eigenvalue weighted by Crippen LogP contribution is -2.32. The Labute approximate surface area is 195 Å². The Kier molecular flexibility index (Phi) is 20.9. The molecule has 4 unspecified atom stereocenters. The Morgan fingerprint density at radius 3 is 1.48 bits per heavy atom. The molecule has 0 saturated carbocycles. The molecule has 0 radical (unpaired) electrons. The molecule has 0 saturated heterocycles. The van der Waals surface area contributed by atoms with Crippen molar-refractivity contribution in [2.24, 2.45) is 17.8 Å². The minimum absolute atomic E-state index is 0.130. The molecule has 0 spiro atoms.